The molecule has 0 radical (unpaired) electrons. The van der Waals surface area contributed by atoms with Gasteiger partial charge in [0.15, 0.2) is 0 Å². The zero-order valence-corrected chi connectivity index (χ0v) is 43.6. The highest BCUT2D eigenvalue weighted by atomic mass is 16.3. The Balaban J connectivity index is 0.829. The van der Waals surface area contributed by atoms with Crippen LogP contribution in [0.1, 0.15) is 47.2 Å². The van der Waals surface area contributed by atoms with Gasteiger partial charge in [-0.1, -0.05) is 220 Å². The molecule has 3 heteroatoms. The molecule has 0 bridgehead atoms. The van der Waals surface area contributed by atoms with E-state index in [-0.39, 0.29) is 5.41 Å². The van der Waals surface area contributed by atoms with Gasteiger partial charge in [-0.2, -0.15) is 0 Å². The summed E-state index contributed by atoms with van der Waals surface area (Å²) in [6, 6.07) is 96.0. The maximum Gasteiger partial charge on any atom is 0.143 e. The Morgan fingerprint density at radius 1 is 0.304 bits per heavy atom. The maximum atomic E-state index is 7.35. The van der Waals surface area contributed by atoms with E-state index in [1.165, 1.54) is 72.3 Å². The molecule has 17 rings (SSSR count). The summed E-state index contributed by atoms with van der Waals surface area (Å²) >= 11 is 0. The van der Waals surface area contributed by atoms with Crippen molar-refractivity contribution in [3.05, 3.63) is 294 Å². The molecule has 0 amide bonds. The molecule has 0 N–H and O–H groups in total. The van der Waals surface area contributed by atoms with Crippen molar-refractivity contribution in [2.75, 3.05) is 4.90 Å². The Bertz CT molecular complexity index is 4860. The lowest BCUT2D eigenvalue weighted by Gasteiger charge is -2.30. The Morgan fingerprint density at radius 2 is 0.810 bits per heavy atom. The Kier molecular flexibility index (Phi) is 9.11. The molecule has 1 unspecified atom stereocenters. The maximum absolute atomic E-state index is 7.35. The lowest BCUT2D eigenvalue weighted by Crippen LogP contribution is -2.26. The van der Waals surface area contributed by atoms with Gasteiger partial charge in [-0.3, -0.25) is 0 Å². The molecule has 0 aliphatic heterocycles. The molecule has 1 atom stereocenters. The van der Waals surface area contributed by atoms with Crippen LogP contribution in [-0.4, -0.2) is 0 Å². The van der Waals surface area contributed by atoms with Crippen LogP contribution in [0, 0.1) is 0 Å². The van der Waals surface area contributed by atoms with Crippen molar-refractivity contribution in [2.24, 2.45) is 0 Å². The summed E-state index contributed by atoms with van der Waals surface area (Å²) in [6.45, 7) is 4.72. The second-order valence-electron chi connectivity index (χ2n) is 22.2. The van der Waals surface area contributed by atoms with Crippen molar-refractivity contribution in [3.63, 3.8) is 0 Å². The Morgan fingerprint density at radius 3 is 1.59 bits per heavy atom. The van der Waals surface area contributed by atoms with E-state index in [4.69, 9.17) is 8.83 Å². The van der Waals surface area contributed by atoms with Gasteiger partial charge in [0.05, 0.1) is 5.41 Å². The van der Waals surface area contributed by atoms with E-state index in [1.807, 2.05) is 6.07 Å². The molecule has 3 aliphatic carbocycles. The standard InChI is InChI=1S/C76H49NO2/c1-75(2)63-27-10-6-19-55(63)57-42-41-51(45-67(57)75)77(50-39-35-48(36-40-50)53-24-16-32-69-71(53)62-22-9-13-31-68(62)78-69)49-37-33-47(34-38-49)52-23-15-30-66-70(52)61-21-8-12-29-65(61)76(66)64-28-11-7-20-56(64)58-43-44-60-59-26-14-25-54(46-17-4-3-5-18-46)73(59)79-74(60)72(58)76/h3-45H,1-2H3. The molecule has 370 valence electrons. The zero-order valence-electron chi connectivity index (χ0n) is 43.6. The summed E-state index contributed by atoms with van der Waals surface area (Å²) in [4.78, 5) is 2.43. The van der Waals surface area contributed by atoms with E-state index in [2.05, 4.69) is 274 Å². The van der Waals surface area contributed by atoms with Crippen LogP contribution in [-0.2, 0) is 10.8 Å². The number of para-hydroxylation sites is 2. The lowest BCUT2D eigenvalue weighted by atomic mass is 9.70. The molecular formula is C76H49NO2. The third-order valence-electron chi connectivity index (χ3n) is 17.9. The van der Waals surface area contributed by atoms with Crippen molar-refractivity contribution >= 4 is 60.9 Å². The van der Waals surface area contributed by atoms with Crippen LogP contribution in [0.5, 0.6) is 0 Å². The highest BCUT2D eigenvalue weighted by molar-refractivity contribution is 6.15. The minimum absolute atomic E-state index is 0.156. The summed E-state index contributed by atoms with van der Waals surface area (Å²) in [5, 5.41) is 4.53. The van der Waals surface area contributed by atoms with Crippen LogP contribution >= 0.6 is 0 Å². The Labute approximate surface area is 457 Å². The van der Waals surface area contributed by atoms with Gasteiger partial charge in [-0.15, -0.1) is 0 Å². The summed E-state index contributed by atoms with van der Waals surface area (Å²) in [6.07, 6.45) is 0. The fourth-order valence-corrected chi connectivity index (χ4v) is 14.5. The number of hydrogen-bond donors (Lipinski definition) is 0. The minimum Gasteiger partial charge on any atom is -0.456 e. The van der Waals surface area contributed by atoms with E-state index in [0.29, 0.717) is 0 Å². The fraction of sp³-hybridized carbons (Fsp3) is 0.0526. The molecular weight excluding hydrogens is 959 g/mol. The second kappa shape index (κ2) is 16.3. The van der Waals surface area contributed by atoms with Crippen LogP contribution in [0.25, 0.3) is 111 Å². The van der Waals surface area contributed by atoms with Crippen molar-refractivity contribution in [1.82, 2.24) is 0 Å². The summed E-state index contributed by atoms with van der Waals surface area (Å²) in [5.41, 5.74) is 28.5. The highest BCUT2D eigenvalue weighted by Gasteiger charge is 2.54. The van der Waals surface area contributed by atoms with E-state index in [1.54, 1.807) is 0 Å². The van der Waals surface area contributed by atoms with Gasteiger partial charge in [0.2, 0.25) is 0 Å². The van der Waals surface area contributed by atoms with Gasteiger partial charge in [-0.25, -0.2) is 0 Å². The quantitative estimate of drug-likeness (QED) is 0.166. The highest BCUT2D eigenvalue weighted by Crippen LogP contribution is 2.66. The molecule has 14 aromatic rings. The first-order chi connectivity index (χ1) is 38.9. The fourth-order valence-electron chi connectivity index (χ4n) is 14.5. The molecule has 12 aromatic carbocycles. The normalized spacial score (nSPS) is 15.1. The number of rotatable bonds is 6. The van der Waals surface area contributed by atoms with E-state index < -0.39 is 5.41 Å². The summed E-state index contributed by atoms with van der Waals surface area (Å²) in [5.74, 6) is 0. The minimum atomic E-state index is -0.617. The third kappa shape index (κ3) is 6.02. The molecule has 79 heavy (non-hydrogen) atoms. The van der Waals surface area contributed by atoms with Gasteiger partial charge < -0.3 is 13.7 Å². The predicted octanol–water partition coefficient (Wildman–Crippen LogP) is 20.6. The van der Waals surface area contributed by atoms with E-state index in [9.17, 15) is 0 Å². The first-order valence-electron chi connectivity index (χ1n) is 27.5. The number of furan rings is 2. The molecule has 1 spiro atoms. The van der Waals surface area contributed by atoms with Crippen LogP contribution in [0.15, 0.2) is 270 Å². The van der Waals surface area contributed by atoms with Crippen LogP contribution in [0.3, 0.4) is 0 Å². The summed E-state index contributed by atoms with van der Waals surface area (Å²) < 4.78 is 13.7. The van der Waals surface area contributed by atoms with E-state index in [0.717, 1.165) is 88.8 Å². The third-order valence-corrected chi connectivity index (χ3v) is 17.9. The van der Waals surface area contributed by atoms with Gasteiger partial charge >= 0.3 is 0 Å². The lowest BCUT2D eigenvalue weighted by molar-refractivity contribution is 0.653. The molecule has 3 aliphatic rings. The average molecular weight is 1010 g/mol. The van der Waals surface area contributed by atoms with Crippen molar-refractivity contribution in [1.29, 1.82) is 0 Å². The van der Waals surface area contributed by atoms with E-state index >= 15 is 0 Å². The largest absolute Gasteiger partial charge is 0.456 e. The van der Waals surface area contributed by atoms with Crippen LogP contribution < -0.4 is 4.90 Å². The molecule has 2 heterocycles. The van der Waals surface area contributed by atoms with Gasteiger partial charge in [0.25, 0.3) is 0 Å². The van der Waals surface area contributed by atoms with Crippen molar-refractivity contribution in [2.45, 2.75) is 24.7 Å². The van der Waals surface area contributed by atoms with Crippen molar-refractivity contribution < 1.29 is 8.83 Å². The molecule has 2 aromatic heterocycles. The molecule has 0 saturated carbocycles. The number of benzene rings is 12. The van der Waals surface area contributed by atoms with Crippen LogP contribution in [0.4, 0.5) is 17.1 Å². The number of fused-ring (bicyclic) bond motifs is 20. The van der Waals surface area contributed by atoms with Crippen LogP contribution in [0.2, 0.25) is 0 Å². The number of hydrogen-bond acceptors (Lipinski definition) is 3. The van der Waals surface area contributed by atoms with Gasteiger partial charge in [0, 0.05) is 55.1 Å². The van der Waals surface area contributed by atoms with Gasteiger partial charge in [-0.05, 0) is 144 Å². The van der Waals surface area contributed by atoms with Crippen molar-refractivity contribution in [3.8, 4) is 66.8 Å². The monoisotopic (exact) mass is 1010 g/mol. The molecule has 0 saturated heterocycles. The Hall–Kier alpha value is -9.96. The van der Waals surface area contributed by atoms with Gasteiger partial charge in [0.1, 0.15) is 22.3 Å². The number of nitrogens with zero attached hydrogens (tertiary/aromatic N) is 1. The predicted molar refractivity (Wildman–Crippen MR) is 326 cm³/mol. The first-order valence-corrected chi connectivity index (χ1v) is 27.5. The average Bonchev–Trinajstić information content (AvgIpc) is 2.94. The number of anilines is 3. The first kappa shape index (κ1) is 44.2. The second-order valence-corrected chi connectivity index (χ2v) is 22.2. The smallest absolute Gasteiger partial charge is 0.143 e. The zero-order chi connectivity index (χ0) is 52.1. The summed E-state index contributed by atoms with van der Waals surface area (Å²) in [7, 11) is 0. The molecule has 3 nitrogen and oxygen atoms in total. The molecule has 0 fully saturated rings. The topological polar surface area (TPSA) is 29.5 Å². The SMILES string of the molecule is CC1(C)c2ccccc2-c2ccc(N(c3ccc(-c4cccc5c4-c4ccccc4C54c5ccccc5-c5ccc6c(oc7c(-c8ccccc8)cccc76)c54)cc3)c3ccc(-c4cccc5oc6ccccc6c45)cc3)cc21.